The average molecular weight is 131 g/mol. The SMILES string of the molecule is CN(C)C(=O)CC(=O)O. The van der Waals surface area contributed by atoms with Gasteiger partial charge >= 0.3 is 5.97 Å². The molecule has 0 aliphatic heterocycles. The maximum atomic E-state index is 10.5. The van der Waals surface area contributed by atoms with E-state index in [0.717, 1.165) is 0 Å². The van der Waals surface area contributed by atoms with E-state index in [-0.39, 0.29) is 5.91 Å². The van der Waals surface area contributed by atoms with Crippen LogP contribution >= 0.6 is 0 Å². The highest BCUT2D eigenvalue weighted by Gasteiger charge is 2.07. The van der Waals surface area contributed by atoms with E-state index in [4.69, 9.17) is 5.11 Å². The lowest BCUT2D eigenvalue weighted by Crippen LogP contribution is -2.23. The van der Waals surface area contributed by atoms with Crippen LogP contribution in [0.1, 0.15) is 6.42 Å². The van der Waals surface area contributed by atoms with Gasteiger partial charge < -0.3 is 10.0 Å². The number of hydrogen-bond donors (Lipinski definition) is 1. The third kappa shape index (κ3) is 3.52. The summed E-state index contributed by atoms with van der Waals surface area (Å²) in [6.45, 7) is 0. The van der Waals surface area contributed by atoms with E-state index >= 15 is 0 Å². The Labute approximate surface area is 53.1 Å². The number of nitrogens with zero attached hydrogens (tertiary/aromatic N) is 1. The van der Waals surface area contributed by atoms with Gasteiger partial charge in [-0.25, -0.2) is 0 Å². The molecule has 0 rings (SSSR count). The Hall–Kier alpha value is -1.06. The molecule has 0 aliphatic rings. The van der Waals surface area contributed by atoms with E-state index in [9.17, 15) is 9.59 Å². The van der Waals surface area contributed by atoms with Gasteiger partial charge in [-0.3, -0.25) is 9.59 Å². The van der Waals surface area contributed by atoms with E-state index in [0.29, 0.717) is 0 Å². The molecule has 0 aromatic carbocycles. The number of carboxylic acids is 1. The largest absolute Gasteiger partial charge is 0.481 e. The topological polar surface area (TPSA) is 57.6 Å². The van der Waals surface area contributed by atoms with Crippen molar-refractivity contribution in [2.75, 3.05) is 14.1 Å². The van der Waals surface area contributed by atoms with Crippen molar-refractivity contribution in [3.05, 3.63) is 0 Å². The van der Waals surface area contributed by atoms with Crippen molar-refractivity contribution >= 4 is 11.9 Å². The number of amides is 1. The molecular formula is C5H9NO3. The standard InChI is InChI=1S/C5H9NO3/c1-6(2)4(7)3-5(8)9/h3H2,1-2H3,(H,8,9). The third-order valence-corrected chi connectivity index (χ3v) is 0.801. The Kier molecular flexibility index (Phi) is 2.70. The summed E-state index contributed by atoms with van der Waals surface area (Å²) >= 11 is 0. The molecule has 0 heterocycles. The summed E-state index contributed by atoms with van der Waals surface area (Å²) in [4.78, 5) is 21.6. The van der Waals surface area contributed by atoms with Crippen molar-refractivity contribution in [3.8, 4) is 0 Å². The Morgan fingerprint density at radius 1 is 1.44 bits per heavy atom. The Bertz CT molecular complexity index is 130. The summed E-state index contributed by atoms with van der Waals surface area (Å²) in [5.41, 5.74) is 0. The molecular weight excluding hydrogens is 122 g/mol. The molecule has 0 radical (unpaired) electrons. The second-order valence-corrected chi connectivity index (χ2v) is 1.86. The first kappa shape index (κ1) is 7.94. The maximum Gasteiger partial charge on any atom is 0.312 e. The normalized spacial score (nSPS) is 8.67. The summed E-state index contributed by atoms with van der Waals surface area (Å²) in [5.74, 6) is -1.48. The summed E-state index contributed by atoms with van der Waals surface area (Å²) in [7, 11) is 3.04. The predicted molar refractivity (Wildman–Crippen MR) is 30.9 cm³/mol. The zero-order valence-electron chi connectivity index (χ0n) is 5.42. The zero-order chi connectivity index (χ0) is 7.44. The molecule has 9 heavy (non-hydrogen) atoms. The van der Waals surface area contributed by atoms with Gasteiger partial charge in [0.25, 0.3) is 0 Å². The van der Waals surface area contributed by atoms with Crippen molar-refractivity contribution in [2.24, 2.45) is 0 Å². The van der Waals surface area contributed by atoms with Gasteiger partial charge in [-0.05, 0) is 0 Å². The maximum absolute atomic E-state index is 10.5. The Morgan fingerprint density at radius 3 is 2.00 bits per heavy atom. The number of carboxylic acid groups (broad SMARTS) is 1. The van der Waals surface area contributed by atoms with Crippen molar-refractivity contribution < 1.29 is 14.7 Å². The minimum atomic E-state index is -1.09. The molecule has 4 heteroatoms. The van der Waals surface area contributed by atoms with Crippen LogP contribution in [0.2, 0.25) is 0 Å². The molecule has 1 N–H and O–H groups in total. The highest BCUT2D eigenvalue weighted by Crippen LogP contribution is 1.84. The van der Waals surface area contributed by atoms with Gasteiger partial charge in [0, 0.05) is 14.1 Å². The van der Waals surface area contributed by atoms with E-state index < -0.39 is 12.4 Å². The summed E-state index contributed by atoms with van der Waals surface area (Å²) in [5, 5.41) is 8.09. The second-order valence-electron chi connectivity index (χ2n) is 1.86. The van der Waals surface area contributed by atoms with Crippen molar-refractivity contribution in [3.63, 3.8) is 0 Å². The van der Waals surface area contributed by atoms with Crippen LogP contribution in [-0.2, 0) is 9.59 Å². The lowest BCUT2D eigenvalue weighted by molar-refractivity contribution is -0.143. The fourth-order valence-corrected chi connectivity index (χ4v) is 0.287. The molecule has 0 aliphatic carbocycles. The molecule has 0 bridgehead atoms. The molecule has 0 aromatic heterocycles. The number of carbonyl (C=O) groups excluding carboxylic acids is 1. The lowest BCUT2D eigenvalue weighted by atomic mass is 10.4. The van der Waals surface area contributed by atoms with Gasteiger partial charge in [0.15, 0.2) is 0 Å². The molecule has 1 amide bonds. The lowest BCUT2D eigenvalue weighted by Gasteiger charge is -2.06. The molecule has 0 atom stereocenters. The third-order valence-electron chi connectivity index (χ3n) is 0.801. The minimum Gasteiger partial charge on any atom is -0.481 e. The Balaban J connectivity index is 3.64. The zero-order valence-corrected chi connectivity index (χ0v) is 5.42. The average Bonchev–Trinajstić information content (AvgIpc) is 1.63. The van der Waals surface area contributed by atoms with E-state index in [2.05, 4.69) is 0 Å². The molecule has 0 fully saturated rings. The van der Waals surface area contributed by atoms with E-state index in [1.54, 1.807) is 0 Å². The predicted octanol–water partition coefficient (Wildman–Crippen LogP) is -0.451. The highest BCUT2D eigenvalue weighted by atomic mass is 16.4. The summed E-state index contributed by atoms with van der Waals surface area (Å²) < 4.78 is 0. The van der Waals surface area contributed by atoms with Gasteiger partial charge in [-0.2, -0.15) is 0 Å². The molecule has 0 aromatic rings. The first-order valence-electron chi connectivity index (χ1n) is 2.46. The van der Waals surface area contributed by atoms with Gasteiger partial charge in [0.1, 0.15) is 6.42 Å². The van der Waals surface area contributed by atoms with Gasteiger partial charge in [-0.1, -0.05) is 0 Å². The van der Waals surface area contributed by atoms with Crippen LogP contribution in [0.25, 0.3) is 0 Å². The van der Waals surface area contributed by atoms with Crippen molar-refractivity contribution in [1.29, 1.82) is 0 Å². The monoisotopic (exact) mass is 131 g/mol. The minimum absolute atomic E-state index is 0.387. The molecule has 0 unspecified atom stereocenters. The van der Waals surface area contributed by atoms with Gasteiger partial charge in [0.2, 0.25) is 5.91 Å². The number of hydrogen-bond acceptors (Lipinski definition) is 2. The number of rotatable bonds is 2. The smallest absolute Gasteiger partial charge is 0.312 e. The molecule has 4 nitrogen and oxygen atoms in total. The fourth-order valence-electron chi connectivity index (χ4n) is 0.287. The molecule has 52 valence electrons. The molecule has 0 spiro atoms. The van der Waals surface area contributed by atoms with E-state index in [1.165, 1.54) is 19.0 Å². The second kappa shape index (κ2) is 3.06. The van der Waals surface area contributed by atoms with Crippen LogP contribution < -0.4 is 0 Å². The van der Waals surface area contributed by atoms with Crippen LogP contribution in [-0.4, -0.2) is 36.0 Å². The van der Waals surface area contributed by atoms with Crippen LogP contribution in [0, 0.1) is 0 Å². The van der Waals surface area contributed by atoms with E-state index in [1.807, 2.05) is 0 Å². The molecule has 0 saturated heterocycles. The fraction of sp³-hybridized carbons (Fsp3) is 0.600. The quantitative estimate of drug-likeness (QED) is 0.516. The first-order valence-corrected chi connectivity index (χ1v) is 2.46. The number of carbonyl (C=O) groups is 2. The van der Waals surface area contributed by atoms with Crippen LogP contribution in [0.3, 0.4) is 0 Å². The van der Waals surface area contributed by atoms with Crippen LogP contribution in [0.5, 0.6) is 0 Å². The van der Waals surface area contributed by atoms with Gasteiger partial charge in [-0.15, -0.1) is 0 Å². The van der Waals surface area contributed by atoms with Crippen molar-refractivity contribution in [2.45, 2.75) is 6.42 Å². The van der Waals surface area contributed by atoms with Crippen LogP contribution in [0.4, 0.5) is 0 Å². The van der Waals surface area contributed by atoms with Gasteiger partial charge in [0.05, 0.1) is 0 Å². The Morgan fingerprint density at radius 2 is 1.89 bits per heavy atom. The summed E-state index contributed by atoms with van der Waals surface area (Å²) in [6, 6.07) is 0. The molecule has 0 saturated carbocycles. The first-order chi connectivity index (χ1) is 4.04. The summed E-state index contributed by atoms with van der Waals surface area (Å²) in [6.07, 6.45) is -0.424. The van der Waals surface area contributed by atoms with Crippen LogP contribution in [0.15, 0.2) is 0 Å². The highest BCUT2D eigenvalue weighted by molar-refractivity contribution is 5.93. The number of aliphatic carboxylic acids is 1. The van der Waals surface area contributed by atoms with Crippen molar-refractivity contribution in [1.82, 2.24) is 4.90 Å².